The fraction of sp³-hybridized carbons (Fsp3) is 0.556. The molecule has 21 heavy (non-hydrogen) atoms. The zero-order valence-corrected chi connectivity index (χ0v) is 13.7. The van der Waals surface area contributed by atoms with Crippen molar-refractivity contribution >= 4 is 22.6 Å². The average Bonchev–Trinajstić information content (AvgIpc) is 2.84. The molecule has 1 heterocycles. The highest BCUT2D eigenvalue weighted by atomic mass is 35.5. The molecule has 1 aromatic carbocycles. The van der Waals surface area contributed by atoms with Gasteiger partial charge in [0.05, 0.1) is 11.1 Å². The smallest absolute Gasteiger partial charge is 0.152 e. The van der Waals surface area contributed by atoms with E-state index in [4.69, 9.17) is 16.0 Å². The maximum Gasteiger partial charge on any atom is 0.152 e. The Morgan fingerprint density at radius 1 is 1.29 bits per heavy atom. The van der Waals surface area contributed by atoms with Gasteiger partial charge in [-0.2, -0.15) is 0 Å². The molecule has 0 radical (unpaired) electrons. The summed E-state index contributed by atoms with van der Waals surface area (Å²) >= 11 is 6.21. The van der Waals surface area contributed by atoms with Crippen molar-refractivity contribution in [3.63, 3.8) is 0 Å². The zero-order valence-electron chi connectivity index (χ0n) is 12.9. The van der Waals surface area contributed by atoms with Crippen molar-refractivity contribution in [2.75, 3.05) is 0 Å². The van der Waals surface area contributed by atoms with Crippen molar-refractivity contribution < 1.29 is 9.52 Å². The molecule has 1 N–H and O–H groups in total. The average molecular weight is 307 g/mol. The van der Waals surface area contributed by atoms with E-state index in [0.29, 0.717) is 10.9 Å². The van der Waals surface area contributed by atoms with E-state index in [1.54, 1.807) is 0 Å². The molecular weight excluding hydrogens is 284 g/mol. The lowest BCUT2D eigenvalue weighted by atomic mass is 9.66. The molecule has 1 saturated carbocycles. The lowest BCUT2D eigenvalue weighted by molar-refractivity contribution is 0.00914. The van der Waals surface area contributed by atoms with Crippen molar-refractivity contribution in [3.05, 3.63) is 35.0 Å². The van der Waals surface area contributed by atoms with E-state index in [9.17, 15) is 5.11 Å². The highest BCUT2D eigenvalue weighted by Gasteiger charge is 2.41. The third-order valence-corrected chi connectivity index (χ3v) is 5.43. The molecule has 3 atom stereocenters. The van der Waals surface area contributed by atoms with Gasteiger partial charge in [0.25, 0.3) is 0 Å². The van der Waals surface area contributed by atoms with Gasteiger partial charge in [0.15, 0.2) is 5.58 Å². The van der Waals surface area contributed by atoms with E-state index >= 15 is 0 Å². The van der Waals surface area contributed by atoms with Crippen LogP contribution in [0, 0.1) is 11.8 Å². The van der Waals surface area contributed by atoms with Crippen molar-refractivity contribution in [1.29, 1.82) is 0 Å². The van der Waals surface area contributed by atoms with E-state index < -0.39 is 0 Å². The molecule has 2 nitrogen and oxygen atoms in total. The molecule has 0 saturated heterocycles. The number of rotatable bonds is 2. The Bertz CT molecular complexity index is 644. The summed E-state index contributed by atoms with van der Waals surface area (Å²) in [5.74, 6) is 1.76. The SMILES string of the molecule is CC1CCC(C(C)(C)c2cc3cccc(Cl)c3o2)C(O)C1. The van der Waals surface area contributed by atoms with Gasteiger partial charge < -0.3 is 9.52 Å². The van der Waals surface area contributed by atoms with E-state index in [1.807, 2.05) is 18.2 Å². The highest BCUT2D eigenvalue weighted by Crippen LogP contribution is 2.44. The van der Waals surface area contributed by atoms with E-state index in [2.05, 4.69) is 26.8 Å². The Morgan fingerprint density at radius 3 is 2.71 bits per heavy atom. The number of fused-ring (bicyclic) bond motifs is 1. The minimum absolute atomic E-state index is 0.193. The number of aliphatic hydroxyl groups is 1. The van der Waals surface area contributed by atoms with Crippen LogP contribution < -0.4 is 0 Å². The lowest BCUT2D eigenvalue weighted by Crippen LogP contribution is -2.41. The van der Waals surface area contributed by atoms with Gasteiger partial charge in [-0.25, -0.2) is 0 Å². The number of hydrogen-bond acceptors (Lipinski definition) is 2. The quantitative estimate of drug-likeness (QED) is 0.831. The van der Waals surface area contributed by atoms with Gasteiger partial charge >= 0.3 is 0 Å². The molecule has 3 heteroatoms. The van der Waals surface area contributed by atoms with Crippen molar-refractivity contribution in [1.82, 2.24) is 0 Å². The van der Waals surface area contributed by atoms with Crippen LogP contribution >= 0.6 is 11.6 Å². The van der Waals surface area contributed by atoms with Crippen LogP contribution in [0.2, 0.25) is 5.02 Å². The van der Waals surface area contributed by atoms with Gasteiger partial charge in [0.2, 0.25) is 0 Å². The molecule has 0 amide bonds. The third-order valence-electron chi connectivity index (χ3n) is 5.14. The topological polar surface area (TPSA) is 33.4 Å². The first-order valence-electron chi connectivity index (χ1n) is 7.76. The summed E-state index contributed by atoms with van der Waals surface area (Å²) in [7, 11) is 0. The molecule has 1 aromatic heterocycles. The Hall–Kier alpha value is -0.990. The van der Waals surface area contributed by atoms with Crippen LogP contribution in [0.1, 0.15) is 45.8 Å². The van der Waals surface area contributed by atoms with Crippen molar-refractivity contribution in [2.45, 2.75) is 51.6 Å². The third kappa shape index (κ3) is 2.60. The van der Waals surface area contributed by atoms with Crippen LogP contribution in [0.25, 0.3) is 11.0 Å². The molecule has 1 aliphatic carbocycles. The summed E-state index contributed by atoms with van der Waals surface area (Å²) in [6.07, 6.45) is 2.84. The number of hydrogen-bond donors (Lipinski definition) is 1. The Balaban J connectivity index is 1.97. The summed E-state index contributed by atoms with van der Waals surface area (Å²) < 4.78 is 6.05. The molecule has 0 bridgehead atoms. The first-order valence-corrected chi connectivity index (χ1v) is 8.14. The lowest BCUT2D eigenvalue weighted by Gasteiger charge is -2.40. The number of benzene rings is 1. The standard InChI is InChI=1S/C18H23ClO2/c1-11-7-8-13(15(20)9-11)18(2,3)16-10-12-5-4-6-14(19)17(12)21-16/h4-6,10-11,13,15,20H,7-9H2,1-3H3. The van der Waals surface area contributed by atoms with E-state index in [0.717, 1.165) is 29.6 Å². The molecule has 114 valence electrons. The number of halogens is 1. The van der Waals surface area contributed by atoms with Gasteiger partial charge in [0.1, 0.15) is 5.76 Å². The second kappa shape index (κ2) is 5.33. The van der Waals surface area contributed by atoms with Crippen molar-refractivity contribution in [3.8, 4) is 0 Å². The monoisotopic (exact) mass is 306 g/mol. The van der Waals surface area contributed by atoms with E-state index in [1.165, 1.54) is 6.42 Å². The summed E-state index contributed by atoms with van der Waals surface area (Å²) in [5, 5.41) is 12.2. The molecule has 3 rings (SSSR count). The Labute approximate surface area is 131 Å². The second-order valence-electron chi connectivity index (χ2n) is 7.08. The maximum atomic E-state index is 10.5. The molecular formula is C18H23ClO2. The normalized spacial score (nSPS) is 27.2. The molecule has 1 aliphatic rings. The van der Waals surface area contributed by atoms with Gasteiger partial charge in [-0.05, 0) is 36.8 Å². The van der Waals surface area contributed by atoms with Crippen LogP contribution in [-0.4, -0.2) is 11.2 Å². The highest BCUT2D eigenvalue weighted by molar-refractivity contribution is 6.34. The van der Waals surface area contributed by atoms with Crippen molar-refractivity contribution in [2.24, 2.45) is 11.8 Å². The zero-order chi connectivity index (χ0) is 15.2. The number of aliphatic hydroxyl groups excluding tert-OH is 1. The molecule has 0 aliphatic heterocycles. The van der Waals surface area contributed by atoms with Gasteiger partial charge in [-0.1, -0.05) is 50.9 Å². The van der Waals surface area contributed by atoms with Crippen LogP contribution in [0.4, 0.5) is 0 Å². The van der Waals surface area contributed by atoms with Crippen LogP contribution in [-0.2, 0) is 5.41 Å². The van der Waals surface area contributed by atoms with Gasteiger partial charge in [-0.3, -0.25) is 0 Å². The predicted molar refractivity (Wildman–Crippen MR) is 86.8 cm³/mol. The summed E-state index contributed by atoms with van der Waals surface area (Å²) in [6, 6.07) is 7.88. The van der Waals surface area contributed by atoms with Crippen LogP contribution in [0.3, 0.4) is 0 Å². The Kier molecular flexibility index (Phi) is 3.79. The summed E-state index contributed by atoms with van der Waals surface area (Å²) in [5.41, 5.74) is 0.558. The largest absolute Gasteiger partial charge is 0.459 e. The van der Waals surface area contributed by atoms with Gasteiger partial charge in [-0.15, -0.1) is 0 Å². The fourth-order valence-corrected chi connectivity index (χ4v) is 3.94. The second-order valence-corrected chi connectivity index (χ2v) is 7.49. The molecule has 2 aromatic rings. The molecule has 3 unspecified atom stereocenters. The Morgan fingerprint density at radius 2 is 2.05 bits per heavy atom. The minimum atomic E-state index is -0.257. The fourth-order valence-electron chi connectivity index (χ4n) is 3.72. The summed E-state index contributed by atoms with van der Waals surface area (Å²) in [6.45, 7) is 6.55. The first-order chi connectivity index (χ1) is 9.89. The maximum absolute atomic E-state index is 10.5. The first kappa shape index (κ1) is 14.9. The number of para-hydroxylation sites is 1. The minimum Gasteiger partial charge on any atom is -0.459 e. The van der Waals surface area contributed by atoms with Gasteiger partial charge in [0, 0.05) is 10.8 Å². The van der Waals surface area contributed by atoms with Crippen LogP contribution in [0.15, 0.2) is 28.7 Å². The molecule has 1 fully saturated rings. The van der Waals surface area contributed by atoms with Crippen LogP contribution in [0.5, 0.6) is 0 Å². The summed E-state index contributed by atoms with van der Waals surface area (Å²) in [4.78, 5) is 0. The van der Waals surface area contributed by atoms with E-state index in [-0.39, 0.29) is 17.4 Å². The number of furan rings is 1. The molecule has 0 spiro atoms. The predicted octanol–water partition coefficient (Wildman–Crippen LogP) is 5.16.